The van der Waals surface area contributed by atoms with Crippen molar-refractivity contribution >= 4 is 11.9 Å². The number of carboxylic acid groups (broad SMARTS) is 1. The standard InChI is InChI=1S/C18H20FN3O.C2HF3O2/c19-15-5-3-14(4-6-15)12-22-11-8-18(22)7-10-21(13-18)17(23)16-2-1-9-20-16;3-2(4,5)1(6)7/h1-6,9,20H,7-8,10-13H2;(H,6,7). The average Bonchev–Trinajstić information content (AvgIpc) is 3.37. The summed E-state index contributed by atoms with van der Waals surface area (Å²) in [5.74, 6) is -2.87. The van der Waals surface area contributed by atoms with Crippen molar-refractivity contribution in [3.8, 4) is 0 Å². The topological polar surface area (TPSA) is 76.6 Å². The van der Waals surface area contributed by atoms with Crippen LogP contribution in [0.2, 0.25) is 0 Å². The number of alkyl halides is 3. The summed E-state index contributed by atoms with van der Waals surface area (Å²) >= 11 is 0. The van der Waals surface area contributed by atoms with Gasteiger partial charge in [-0.15, -0.1) is 0 Å². The van der Waals surface area contributed by atoms with Crippen LogP contribution in [-0.4, -0.2) is 63.1 Å². The van der Waals surface area contributed by atoms with Crippen molar-refractivity contribution in [2.45, 2.75) is 31.1 Å². The third kappa shape index (κ3) is 4.81. The number of aromatic amines is 1. The molecule has 4 rings (SSSR count). The molecule has 2 aromatic rings. The maximum absolute atomic E-state index is 13.0. The first-order valence-corrected chi connectivity index (χ1v) is 9.33. The minimum Gasteiger partial charge on any atom is -0.475 e. The molecule has 0 saturated carbocycles. The van der Waals surface area contributed by atoms with Crippen molar-refractivity contribution in [2.75, 3.05) is 19.6 Å². The number of nitrogens with zero attached hydrogens (tertiary/aromatic N) is 2. The van der Waals surface area contributed by atoms with Gasteiger partial charge in [0.1, 0.15) is 11.5 Å². The molecule has 0 aliphatic carbocycles. The van der Waals surface area contributed by atoms with Crippen LogP contribution in [0.1, 0.15) is 28.9 Å². The summed E-state index contributed by atoms with van der Waals surface area (Å²) in [6.45, 7) is 3.45. The first kappa shape index (κ1) is 21.8. The first-order valence-electron chi connectivity index (χ1n) is 9.33. The molecule has 1 amide bonds. The number of carbonyl (C=O) groups excluding carboxylic acids is 1. The molecule has 2 aliphatic heterocycles. The summed E-state index contributed by atoms with van der Waals surface area (Å²) in [5, 5.41) is 7.12. The zero-order chi connectivity index (χ0) is 21.9. The molecular weight excluding hydrogens is 406 g/mol. The number of halogens is 4. The fourth-order valence-electron chi connectivity index (χ4n) is 3.77. The summed E-state index contributed by atoms with van der Waals surface area (Å²) in [6.07, 6.45) is -1.16. The number of benzene rings is 1. The average molecular weight is 427 g/mol. The number of hydrogen-bond donors (Lipinski definition) is 2. The summed E-state index contributed by atoms with van der Waals surface area (Å²) in [7, 11) is 0. The second-order valence-corrected chi connectivity index (χ2v) is 7.39. The van der Waals surface area contributed by atoms with Crippen molar-refractivity contribution in [2.24, 2.45) is 0 Å². The van der Waals surface area contributed by atoms with E-state index in [1.165, 1.54) is 12.1 Å². The van der Waals surface area contributed by atoms with Gasteiger partial charge in [0.2, 0.25) is 0 Å². The molecule has 162 valence electrons. The lowest BCUT2D eigenvalue weighted by atomic mass is 9.83. The molecule has 1 aromatic carbocycles. The normalized spacial score (nSPS) is 21.1. The Morgan fingerprint density at radius 3 is 2.23 bits per heavy atom. The van der Waals surface area contributed by atoms with E-state index < -0.39 is 12.1 Å². The highest BCUT2D eigenvalue weighted by Crippen LogP contribution is 2.40. The Bertz CT molecular complexity index is 884. The number of aromatic nitrogens is 1. The van der Waals surface area contributed by atoms with E-state index in [0.29, 0.717) is 5.69 Å². The quantitative estimate of drug-likeness (QED) is 0.738. The fraction of sp³-hybridized carbons (Fsp3) is 0.400. The summed E-state index contributed by atoms with van der Waals surface area (Å²) < 4.78 is 44.8. The lowest BCUT2D eigenvalue weighted by molar-refractivity contribution is -0.192. The maximum Gasteiger partial charge on any atom is 0.490 e. The molecule has 10 heteroatoms. The highest BCUT2D eigenvalue weighted by Gasteiger charge is 2.50. The number of rotatable bonds is 3. The number of nitrogens with one attached hydrogen (secondary N) is 1. The molecule has 2 aliphatic rings. The number of carbonyl (C=O) groups is 2. The van der Waals surface area contributed by atoms with E-state index in [0.717, 1.165) is 44.6 Å². The van der Waals surface area contributed by atoms with E-state index in [1.807, 2.05) is 29.2 Å². The van der Waals surface area contributed by atoms with Crippen LogP contribution in [0.15, 0.2) is 42.6 Å². The molecule has 6 nitrogen and oxygen atoms in total. The lowest BCUT2D eigenvalue weighted by Gasteiger charge is -2.50. The van der Waals surface area contributed by atoms with Gasteiger partial charge in [0.25, 0.3) is 5.91 Å². The molecule has 2 saturated heterocycles. The highest BCUT2D eigenvalue weighted by molar-refractivity contribution is 5.92. The Labute approximate surface area is 170 Å². The zero-order valence-electron chi connectivity index (χ0n) is 16.0. The number of carboxylic acids is 1. The molecule has 30 heavy (non-hydrogen) atoms. The van der Waals surface area contributed by atoms with Crippen LogP contribution in [0.5, 0.6) is 0 Å². The number of hydrogen-bond acceptors (Lipinski definition) is 3. The molecule has 1 atom stereocenters. The first-order chi connectivity index (χ1) is 14.1. The van der Waals surface area contributed by atoms with Crippen molar-refractivity contribution in [3.63, 3.8) is 0 Å². The predicted octanol–water partition coefficient (Wildman–Crippen LogP) is 3.28. The van der Waals surface area contributed by atoms with E-state index in [2.05, 4.69) is 9.88 Å². The summed E-state index contributed by atoms with van der Waals surface area (Å²) in [4.78, 5) is 28.7. The Morgan fingerprint density at radius 2 is 1.73 bits per heavy atom. The molecule has 1 spiro atoms. The van der Waals surface area contributed by atoms with E-state index in [9.17, 15) is 22.4 Å². The molecule has 0 bridgehead atoms. The lowest BCUT2D eigenvalue weighted by Crippen LogP contribution is -2.60. The fourth-order valence-corrected chi connectivity index (χ4v) is 3.77. The third-order valence-corrected chi connectivity index (χ3v) is 5.49. The van der Waals surface area contributed by atoms with Gasteiger partial charge in [-0.1, -0.05) is 12.1 Å². The van der Waals surface area contributed by atoms with Gasteiger partial charge in [0, 0.05) is 37.9 Å². The number of H-pyrrole nitrogens is 1. The van der Waals surface area contributed by atoms with Gasteiger partial charge < -0.3 is 15.0 Å². The van der Waals surface area contributed by atoms with Crippen molar-refractivity contribution < 1.29 is 32.3 Å². The number of likely N-dealkylation sites (tertiary alicyclic amines) is 2. The molecule has 0 radical (unpaired) electrons. The van der Waals surface area contributed by atoms with E-state index in [-0.39, 0.29) is 17.3 Å². The van der Waals surface area contributed by atoms with Crippen LogP contribution in [-0.2, 0) is 11.3 Å². The molecule has 1 unspecified atom stereocenters. The van der Waals surface area contributed by atoms with Crippen LogP contribution in [0.4, 0.5) is 17.6 Å². The number of amides is 1. The van der Waals surface area contributed by atoms with Crippen molar-refractivity contribution in [3.05, 3.63) is 59.7 Å². The largest absolute Gasteiger partial charge is 0.490 e. The van der Waals surface area contributed by atoms with E-state index >= 15 is 0 Å². The Balaban J connectivity index is 0.000000318. The minimum absolute atomic E-state index is 0.0838. The minimum atomic E-state index is -5.08. The predicted molar refractivity (Wildman–Crippen MR) is 99.2 cm³/mol. The zero-order valence-corrected chi connectivity index (χ0v) is 16.0. The van der Waals surface area contributed by atoms with Gasteiger partial charge in [0.05, 0.1) is 0 Å². The highest BCUT2D eigenvalue weighted by atomic mass is 19.4. The summed E-state index contributed by atoms with van der Waals surface area (Å²) in [6, 6.07) is 10.4. The van der Waals surface area contributed by atoms with Crippen molar-refractivity contribution in [1.29, 1.82) is 0 Å². The van der Waals surface area contributed by atoms with Crippen molar-refractivity contribution in [1.82, 2.24) is 14.8 Å². The Hall–Kier alpha value is -2.88. The van der Waals surface area contributed by atoms with Crippen LogP contribution in [0.25, 0.3) is 0 Å². The van der Waals surface area contributed by atoms with Gasteiger partial charge in [-0.3, -0.25) is 9.69 Å². The summed E-state index contributed by atoms with van der Waals surface area (Å²) in [5.41, 5.74) is 1.89. The van der Waals surface area contributed by atoms with Gasteiger partial charge >= 0.3 is 12.1 Å². The van der Waals surface area contributed by atoms with E-state index in [1.54, 1.807) is 6.20 Å². The smallest absolute Gasteiger partial charge is 0.475 e. The van der Waals surface area contributed by atoms with Gasteiger partial charge in [-0.25, -0.2) is 9.18 Å². The van der Waals surface area contributed by atoms with Gasteiger partial charge in [-0.05, 0) is 42.7 Å². The monoisotopic (exact) mass is 427 g/mol. The SMILES string of the molecule is O=C(O)C(F)(F)F.O=C(c1ccc[nH]1)N1CCC2(CCN2Cc2ccc(F)cc2)C1. The maximum atomic E-state index is 13.0. The second-order valence-electron chi connectivity index (χ2n) is 7.39. The molecule has 2 N–H and O–H groups in total. The van der Waals surface area contributed by atoms with Crippen LogP contribution >= 0.6 is 0 Å². The van der Waals surface area contributed by atoms with Gasteiger partial charge in [0.15, 0.2) is 0 Å². The third-order valence-electron chi connectivity index (χ3n) is 5.49. The molecular formula is C20H21F4N3O3. The molecule has 2 fully saturated rings. The molecule has 1 aromatic heterocycles. The van der Waals surface area contributed by atoms with Crippen LogP contribution in [0.3, 0.4) is 0 Å². The van der Waals surface area contributed by atoms with Crippen LogP contribution < -0.4 is 0 Å². The van der Waals surface area contributed by atoms with Gasteiger partial charge in [-0.2, -0.15) is 13.2 Å². The Kier molecular flexibility index (Phi) is 6.16. The number of aliphatic carboxylic acids is 1. The second kappa shape index (κ2) is 8.47. The Morgan fingerprint density at radius 1 is 1.10 bits per heavy atom. The van der Waals surface area contributed by atoms with Crippen LogP contribution in [0, 0.1) is 5.82 Å². The van der Waals surface area contributed by atoms with E-state index in [4.69, 9.17) is 9.90 Å². The molecule has 3 heterocycles.